The Balaban J connectivity index is 1.80. The van der Waals surface area contributed by atoms with E-state index < -0.39 is 0 Å². The number of benzene rings is 2. The molecular weight excluding hydrogens is 386 g/mol. The summed E-state index contributed by atoms with van der Waals surface area (Å²) in [6.45, 7) is 4.60. The van der Waals surface area contributed by atoms with Crippen LogP contribution in [0.4, 0.5) is 5.69 Å². The van der Waals surface area contributed by atoms with Gasteiger partial charge in [-0.05, 0) is 36.6 Å². The van der Waals surface area contributed by atoms with Crippen molar-refractivity contribution in [3.05, 3.63) is 42.5 Å². The van der Waals surface area contributed by atoms with E-state index in [2.05, 4.69) is 19.2 Å². The summed E-state index contributed by atoms with van der Waals surface area (Å²) in [5.74, 6) is 2.69. The van der Waals surface area contributed by atoms with Crippen LogP contribution in [0.1, 0.15) is 20.3 Å². The Morgan fingerprint density at radius 3 is 2.69 bits per heavy atom. The molecule has 29 heavy (non-hydrogen) atoms. The number of nitrogens with one attached hydrogen (secondary N) is 1. The van der Waals surface area contributed by atoms with E-state index in [-0.39, 0.29) is 12.5 Å². The lowest BCUT2D eigenvalue weighted by molar-refractivity contribution is -0.116. The molecule has 0 aliphatic heterocycles. The molecule has 154 valence electrons. The monoisotopic (exact) mass is 413 g/mol. The quantitative estimate of drug-likeness (QED) is 0.509. The molecule has 0 radical (unpaired) electrons. The third-order valence-corrected chi connectivity index (χ3v) is 5.54. The fourth-order valence-electron chi connectivity index (χ4n) is 2.94. The molecule has 3 aromatic rings. The Hall–Kier alpha value is -2.67. The SMILES string of the molecule is COc1ccc(NC(=O)Cn2c(SCCC(C)C)nc3ccccc32)c(OC)c1. The first-order valence-electron chi connectivity index (χ1n) is 9.61. The Kier molecular flexibility index (Phi) is 7.04. The maximum absolute atomic E-state index is 12.8. The predicted molar refractivity (Wildman–Crippen MR) is 118 cm³/mol. The topological polar surface area (TPSA) is 65.4 Å². The Labute approximate surface area is 175 Å². The highest BCUT2D eigenvalue weighted by Crippen LogP contribution is 2.30. The molecule has 3 rings (SSSR count). The number of thioether (sulfide) groups is 1. The van der Waals surface area contributed by atoms with Crippen molar-refractivity contribution in [3.8, 4) is 11.5 Å². The summed E-state index contributed by atoms with van der Waals surface area (Å²) in [7, 11) is 3.16. The zero-order valence-corrected chi connectivity index (χ0v) is 18.1. The third-order valence-electron chi connectivity index (χ3n) is 4.53. The van der Waals surface area contributed by atoms with Crippen molar-refractivity contribution >= 4 is 34.4 Å². The molecule has 6 nitrogen and oxygen atoms in total. The molecule has 0 saturated heterocycles. The van der Waals surface area contributed by atoms with Gasteiger partial charge in [-0.1, -0.05) is 37.7 Å². The molecule has 0 atom stereocenters. The van der Waals surface area contributed by atoms with Gasteiger partial charge in [-0.15, -0.1) is 0 Å². The van der Waals surface area contributed by atoms with Crippen LogP contribution in [0.25, 0.3) is 11.0 Å². The van der Waals surface area contributed by atoms with Crippen LogP contribution in [0.15, 0.2) is 47.6 Å². The van der Waals surface area contributed by atoms with E-state index >= 15 is 0 Å². The van der Waals surface area contributed by atoms with Gasteiger partial charge in [0.25, 0.3) is 0 Å². The molecule has 1 N–H and O–H groups in total. The van der Waals surface area contributed by atoms with Crippen LogP contribution in [-0.4, -0.2) is 35.4 Å². The van der Waals surface area contributed by atoms with Crippen molar-refractivity contribution < 1.29 is 14.3 Å². The molecule has 0 unspecified atom stereocenters. The lowest BCUT2D eigenvalue weighted by Crippen LogP contribution is -2.19. The van der Waals surface area contributed by atoms with Crippen LogP contribution < -0.4 is 14.8 Å². The molecule has 0 aliphatic rings. The summed E-state index contributed by atoms with van der Waals surface area (Å²) in [5, 5.41) is 3.80. The molecular formula is C22H27N3O3S. The average molecular weight is 414 g/mol. The lowest BCUT2D eigenvalue weighted by atomic mass is 10.2. The number of imidazole rings is 1. The minimum Gasteiger partial charge on any atom is -0.497 e. The minimum absolute atomic E-state index is 0.137. The van der Waals surface area contributed by atoms with Crippen molar-refractivity contribution in [2.75, 3.05) is 25.3 Å². The lowest BCUT2D eigenvalue weighted by Gasteiger charge is -2.13. The van der Waals surface area contributed by atoms with Gasteiger partial charge in [-0.3, -0.25) is 4.79 Å². The number of nitrogens with zero attached hydrogens (tertiary/aromatic N) is 2. The van der Waals surface area contributed by atoms with Gasteiger partial charge in [0, 0.05) is 11.8 Å². The van der Waals surface area contributed by atoms with Gasteiger partial charge in [0.15, 0.2) is 5.16 Å². The number of carbonyl (C=O) groups is 1. The number of ether oxygens (including phenoxy) is 2. The Bertz CT molecular complexity index is 985. The van der Waals surface area contributed by atoms with Gasteiger partial charge < -0.3 is 19.4 Å². The summed E-state index contributed by atoms with van der Waals surface area (Å²) in [5.41, 5.74) is 2.46. The largest absolute Gasteiger partial charge is 0.497 e. The van der Waals surface area contributed by atoms with Crippen LogP contribution >= 0.6 is 11.8 Å². The van der Waals surface area contributed by atoms with Gasteiger partial charge >= 0.3 is 0 Å². The molecule has 1 aromatic heterocycles. The maximum Gasteiger partial charge on any atom is 0.244 e. The van der Waals surface area contributed by atoms with E-state index in [1.54, 1.807) is 44.2 Å². The van der Waals surface area contributed by atoms with Crippen LogP contribution in [0, 0.1) is 5.92 Å². The minimum atomic E-state index is -0.137. The van der Waals surface area contributed by atoms with Gasteiger partial charge in [-0.2, -0.15) is 0 Å². The smallest absolute Gasteiger partial charge is 0.244 e. The fraction of sp³-hybridized carbons (Fsp3) is 0.364. The number of aromatic nitrogens is 2. The second-order valence-electron chi connectivity index (χ2n) is 7.11. The molecule has 0 saturated carbocycles. The van der Waals surface area contributed by atoms with Gasteiger partial charge in [0.2, 0.25) is 5.91 Å². The number of carbonyl (C=O) groups excluding carboxylic acids is 1. The van der Waals surface area contributed by atoms with E-state index in [0.717, 1.165) is 28.4 Å². The van der Waals surface area contributed by atoms with Crippen LogP contribution in [0.3, 0.4) is 0 Å². The first kappa shape index (κ1) is 21.0. The number of anilines is 1. The highest BCUT2D eigenvalue weighted by atomic mass is 32.2. The number of fused-ring (bicyclic) bond motifs is 1. The summed E-state index contributed by atoms with van der Waals surface area (Å²) in [6.07, 6.45) is 1.10. The molecule has 1 heterocycles. The highest BCUT2D eigenvalue weighted by Gasteiger charge is 2.16. The molecule has 0 aliphatic carbocycles. The van der Waals surface area contributed by atoms with E-state index in [9.17, 15) is 4.79 Å². The molecule has 0 fully saturated rings. The van der Waals surface area contributed by atoms with E-state index in [4.69, 9.17) is 14.5 Å². The second-order valence-corrected chi connectivity index (χ2v) is 8.18. The number of amides is 1. The van der Waals surface area contributed by atoms with Crippen molar-refractivity contribution in [2.45, 2.75) is 32.0 Å². The zero-order valence-electron chi connectivity index (χ0n) is 17.3. The van der Waals surface area contributed by atoms with Crippen molar-refractivity contribution in [3.63, 3.8) is 0 Å². The fourth-order valence-corrected chi connectivity index (χ4v) is 4.19. The Morgan fingerprint density at radius 2 is 1.97 bits per heavy atom. The normalized spacial score (nSPS) is 11.1. The second kappa shape index (κ2) is 9.69. The zero-order chi connectivity index (χ0) is 20.8. The summed E-state index contributed by atoms with van der Waals surface area (Å²) in [6, 6.07) is 13.2. The van der Waals surface area contributed by atoms with Crippen molar-refractivity contribution in [1.29, 1.82) is 0 Å². The summed E-state index contributed by atoms with van der Waals surface area (Å²) in [4.78, 5) is 17.6. The van der Waals surface area contributed by atoms with Gasteiger partial charge in [-0.25, -0.2) is 4.98 Å². The predicted octanol–water partition coefficient (Wildman–Crippen LogP) is 4.83. The summed E-state index contributed by atoms with van der Waals surface area (Å²) < 4.78 is 12.6. The number of methoxy groups -OCH3 is 2. The number of para-hydroxylation sites is 2. The third kappa shape index (κ3) is 5.23. The van der Waals surface area contributed by atoms with Crippen LogP contribution in [0.5, 0.6) is 11.5 Å². The first-order chi connectivity index (χ1) is 14.0. The van der Waals surface area contributed by atoms with Crippen molar-refractivity contribution in [1.82, 2.24) is 9.55 Å². The average Bonchev–Trinajstić information content (AvgIpc) is 3.05. The maximum atomic E-state index is 12.8. The molecule has 7 heteroatoms. The van der Waals surface area contributed by atoms with Gasteiger partial charge in [0.1, 0.15) is 18.0 Å². The number of hydrogen-bond acceptors (Lipinski definition) is 5. The Morgan fingerprint density at radius 1 is 1.17 bits per heavy atom. The number of rotatable bonds is 9. The van der Waals surface area contributed by atoms with Gasteiger partial charge in [0.05, 0.1) is 30.9 Å². The van der Waals surface area contributed by atoms with E-state index in [1.807, 2.05) is 28.8 Å². The molecule has 2 aromatic carbocycles. The van der Waals surface area contributed by atoms with Crippen LogP contribution in [0.2, 0.25) is 0 Å². The summed E-state index contributed by atoms with van der Waals surface area (Å²) >= 11 is 1.69. The van der Waals surface area contributed by atoms with Crippen molar-refractivity contribution in [2.24, 2.45) is 5.92 Å². The molecule has 1 amide bonds. The van der Waals surface area contributed by atoms with E-state index in [0.29, 0.717) is 23.1 Å². The van der Waals surface area contributed by atoms with Crippen LogP contribution in [-0.2, 0) is 11.3 Å². The number of hydrogen-bond donors (Lipinski definition) is 1. The standard InChI is InChI=1S/C22H27N3O3S/c1-15(2)11-12-29-22-24-17-7-5-6-8-19(17)25(22)14-21(26)23-18-10-9-16(27-3)13-20(18)28-4/h5-10,13,15H,11-12,14H2,1-4H3,(H,23,26). The van der Waals surface area contributed by atoms with E-state index in [1.165, 1.54) is 0 Å². The molecule has 0 bridgehead atoms. The first-order valence-corrected chi connectivity index (χ1v) is 10.6. The molecule has 0 spiro atoms. The highest BCUT2D eigenvalue weighted by molar-refractivity contribution is 7.99.